The predicted octanol–water partition coefficient (Wildman–Crippen LogP) is 3.85. The first-order valence-corrected chi connectivity index (χ1v) is 10.5. The zero-order valence-corrected chi connectivity index (χ0v) is 17.0. The van der Waals surface area contributed by atoms with Crippen LogP contribution in [0.1, 0.15) is 22.9 Å². The fourth-order valence-corrected chi connectivity index (χ4v) is 4.15. The highest BCUT2D eigenvalue weighted by Gasteiger charge is 2.32. The topological polar surface area (TPSA) is 75.7 Å². The number of pyridine rings is 1. The van der Waals surface area contributed by atoms with E-state index in [0.29, 0.717) is 10.9 Å². The summed E-state index contributed by atoms with van der Waals surface area (Å²) in [6, 6.07) is 17.3. The minimum absolute atomic E-state index is 0.0764. The van der Waals surface area contributed by atoms with E-state index in [2.05, 4.69) is 27.8 Å². The lowest BCUT2D eigenvalue weighted by Gasteiger charge is -2.23. The molecule has 3 aromatic heterocycles. The first kappa shape index (κ1) is 18.5. The number of hydrogen-bond donors (Lipinski definition) is 1. The summed E-state index contributed by atoms with van der Waals surface area (Å²) in [4.78, 5) is 13.1. The van der Waals surface area contributed by atoms with Gasteiger partial charge in [-0.3, -0.25) is 14.6 Å². The van der Waals surface area contributed by atoms with Crippen molar-refractivity contribution in [1.29, 1.82) is 0 Å². The molecule has 0 unspecified atom stereocenters. The van der Waals surface area contributed by atoms with Crippen molar-refractivity contribution in [3.8, 4) is 0 Å². The number of hydrogen-bond acceptors (Lipinski definition) is 6. The number of nitrogens with one attached hydrogen (secondary N) is 1. The minimum Gasteiger partial charge on any atom is -0.467 e. The monoisotopic (exact) mass is 417 g/mol. The highest BCUT2D eigenvalue weighted by atomic mass is 32.2. The molecule has 0 radical (unpaired) electrons. The molecular weight excluding hydrogens is 398 g/mol. The number of carbonyl (C=O) groups excluding carboxylic acids is 1. The second-order valence-electron chi connectivity index (χ2n) is 6.98. The summed E-state index contributed by atoms with van der Waals surface area (Å²) in [6.45, 7) is 2.05. The number of carbonyl (C=O) groups is 1. The number of amides is 1. The van der Waals surface area contributed by atoms with Crippen molar-refractivity contribution in [2.45, 2.75) is 18.1 Å². The zero-order chi connectivity index (χ0) is 20.5. The predicted molar refractivity (Wildman–Crippen MR) is 114 cm³/mol. The van der Waals surface area contributed by atoms with Crippen molar-refractivity contribution < 1.29 is 9.21 Å². The third-order valence-electron chi connectivity index (χ3n) is 4.92. The quantitative estimate of drug-likeness (QED) is 0.497. The van der Waals surface area contributed by atoms with Crippen LogP contribution in [-0.4, -0.2) is 31.3 Å². The lowest BCUT2D eigenvalue weighted by molar-refractivity contribution is -0.131. The number of aryl methyl sites for hydroxylation is 1. The molecule has 0 spiro atoms. The van der Waals surface area contributed by atoms with Crippen LogP contribution >= 0.6 is 11.8 Å². The van der Waals surface area contributed by atoms with Gasteiger partial charge >= 0.3 is 0 Å². The van der Waals surface area contributed by atoms with Crippen molar-refractivity contribution in [2.75, 3.05) is 5.75 Å². The third-order valence-corrected chi connectivity index (χ3v) is 5.84. The van der Waals surface area contributed by atoms with Crippen molar-refractivity contribution >= 4 is 29.0 Å². The first-order chi connectivity index (χ1) is 14.7. The van der Waals surface area contributed by atoms with Crippen LogP contribution in [0.25, 0.3) is 11.3 Å². The standard InChI is InChI=1S/C22H19N5O2S/c1-15-7-9-16(10-8-15)17-13-18(19-5-4-12-29-19)27(25-17)21(28)14-30-22-24-23-20-6-2-3-11-26(20)22/h2-13,18,25H,14H2,1H3/t18-/m1/s1. The van der Waals surface area contributed by atoms with Crippen molar-refractivity contribution in [1.82, 2.24) is 25.0 Å². The van der Waals surface area contributed by atoms with Crippen LogP contribution in [0.5, 0.6) is 0 Å². The van der Waals surface area contributed by atoms with E-state index in [1.165, 1.54) is 17.3 Å². The van der Waals surface area contributed by atoms with E-state index >= 15 is 0 Å². The Morgan fingerprint density at radius 2 is 2.00 bits per heavy atom. The smallest absolute Gasteiger partial charge is 0.252 e. The van der Waals surface area contributed by atoms with Gasteiger partial charge in [0, 0.05) is 6.20 Å². The first-order valence-electron chi connectivity index (χ1n) is 9.52. The summed E-state index contributed by atoms with van der Waals surface area (Å²) in [5.74, 6) is 0.845. The molecule has 1 aromatic carbocycles. The lowest BCUT2D eigenvalue weighted by Crippen LogP contribution is -2.40. The average Bonchev–Trinajstić information content (AvgIpc) is 3.51. The Morgan fingerprint density at radius 1 is 1.13 bits per heavy atom. The van der Waals surface area contributed by atoms with Gasteiger partial charge in [0.2, 0.25) is 0 Å². The van der Waals surface area contributed by atoms with Crippen LogP contribution in [0.2, 0.25) is 0 Å². The summed E-state index contributed by atoms with van der Waals surface area (Å²) in [6.07, 6.45) is 5.52. The van der Waals surface area contributed by atoms with Crippen LogP contribution < -0.4 is 5.43 Å². The number of thioether (sulfide) groups is 1. The summed E-state index contributed by atoms with van der Waals surface area (Å²) < 4.78 is 7.47. The summed E-state index contributed by atoms with van der Waals surface area (Å²) in [5.41, 5.74) is 7.09. The Labute approximate surface area is 177 Å². The Morgan fingerprint density at radius 3 is 2.80 bits per heavy atom. The lowest BCUT2D eigenvalue weighted by atomic mass is 10.1. The Hall–Kier alpha value is -3.52. The van der Waals surface area contributed by atoms with Crippen molar-refractivity contribution in [3.05, 3.63) is 90.0 Å². The Kier molecular flexibility index (Phi) is 4.76. The van der Waals surface area contributed by atoms with Gasteiger partial charge in [0.05, 0.1) is 17.7 Å². The van der Waals surface area contributed by atoms with Gasteiger partial charge in [-0.05, 0) is 42.8 Å². The maximum absolute atomic E-state index is 13.1. The van der Waals surface area contributed by atoms with Gasteiger partial charge < -0.3 is 4.42 Å². The molecule has 0 saturated carbocycles. The van der Waals surface area contributed by atoms with Crippen LogP contribution in [0.3, 0.4) is 0 Å². The van der Waals surface area contributed by atoms with Crippen LogP contribution in [0.15, 0.2) is 82.7 Å². The molecule has 4 heterocycles. The molecule has 1 amide bonds. The second kappa shape index (κ2) is 7.72. The number of nitrogens with zero attached hydrogens (tertiary/aromatic N) is 4. The normalized spacial score (nSPS) is 16.0. The summed E-state index contributed by atoms with van der Waals surface area (Å²) in [5, 5.41) is 10.6. The van der Waals surface area contributed by atoms with E-state index in [-0.39, 0.29) is 17.7 Å². The van der Waals surface area contributed by atoms with Crippen LogP contribution in [-0.2, 0) is 4.79 Å². The van der Waals surface area contributed by atoms with Gasteiger partial charge in [0.1, 0.15) is 11.8 Å². The molecular formula is C22H19N5O2S. The molecule has 0 fully saturated rings. The highest BCUT2D eigenvalue weighted by Crippen LogP contribution is 2.32. The van der Waals surface area contributed by atoms with E-state index in [1.807, 2.05) is 66.1 Å². The molecule has 0 aliphatic carbocycles. The molecule has 8 heteroatoms. The number of benzene rings is 1. The maximum Gasteiger partial charge on any atom is 0.252 e. The molecule has 5 rings (SSSR count). The Bertz CT molecular complexity index is 1210. The molecule has 1 aliphatic heterocycles. The van der Waals surface area contributed by atoms with Crippen molar-refractivity contribution in [2.24, 2.45) is 0 Å². The molecule has 7 nitrogen and oxygen atoms in total. The van der Waals surface area contributed by atoms with Gasteiger partial charge in [-0.15, -0.1) is 10.2 Å². The van der Waals surface area contributed by atoms with Gasteiger partial charge in [-0.2, -0.15) is 0 Å². The third kappa shape index (κ3) is 3.46. The zero-order valence-electron chi connectivity index (χ0n) is 16.2. The van der Waals surface area contributed by atoms with E-state index in [0.717, 1.165) is 16.9 Å². The van der Waals surface area contributed by atoms with Crippen LogP contribution in [0.4, 0.5) is 0 Å². The summed E-state index contributed by atoms with van der Waals surface area (Å²) >= 11 is 1.35. The SMILES string of the molecule is Cc1ccc(C2=C[C@H](c3ccco3)N(C(=O)CSc3nnc4ccccn34)N2)cc1. The maximum atomic E-state index is 13.1. The Balaban J connectivity index is 1.36. The number of rotatable bonds is 5. The van der Waals surface area contributed by atoms with E-state index in [1.54, 1.807) is 11.3 Å². The summed E-state index contributed by atoms with van der Waals surface area (Å²) in [7, 11) is 0. The fourth-order valence-electron chi connectivity index (χ4n) is 3.36. The number of furan rings is 1. The van der Waals surface area contributed by atoms with E-state index in [9.17, 15) is 4.79 Å². The van der Waals surface area contributed by atoms with Gasteiger partial charge in [-0.25, -0.2) is 5.01 Å². The van der Waals surface area contributed by atoms with Crippen LogP contribution in [0, 0.1) is 6.92 Å². The van der Waals surface area contributed by atoms with Gasteiger partial charge in [0.25, 0.3) is 5.91 Å². The van der Waals surface area contributed by atoms with Crippen molar-refractivity contribution in [3.63, 3.8) is 0 Å². The number of aromatic nitrogens is 3. The molecule has 0 bridgehead atoms. The fraction of sp³-hybridized carbons (Fsp3) is 0.136. The second-order valence-corrected chi connectivity index (χ2v) is 7.92. The van der Waals surface area contributed by atoms with Gasteiger partial charge in [0.15, 0.2) is 10.8 Å². The molecule has 1 atom stereocenters. The number of fused-ring (bicyclic) bond motifs is 1. The average molecular weight is 417 g/mol. The van der Waals surface area contributed by atoms with Gasteiger partial charge in [-0.1, -0.05) is 47.7 Å². The molecule has 0 saturated heterocycles. The molecule has 30 heavy (non-hydrogen) atoms. The molecule has 1 N–H and O–H groups in total. The number of hydrazine groups is 1. The minimum atomic E-state index is -0.320. The largest absolute Gasteiger partial charge is 0.467 e. The molecule has 4 aromatic rings. The van der Waals surface area contributed by atoms with E-state index < -0.39 is 0 Å². The highest BCUT2D eigenvalue weighted by molar-refractivity contribution is 7.99. The van der Waals surface area contributed by atoms with E-state index in [4.69, 9.17) is 4.42 Å². The molecule has 1 aliphatic rings. The molecule has 150 valence electrons.